The topological polar surface area (TPSA) is 91.0 Å². The van der Waals surface area contributed by atoms with E-state index in [4.69, 9.17) is 26.1 Å². The maximum atomic E-state index is 13.7. The van der Waals surface area contributed by atoms with Crippen LogP contribution in [0.25, 0.3) is 0 Å². The molecule has 1 unspecified atom stereocenters. The lowest BCUT2D eigenvalue weighted by Crippen LogP contribution is -2.49. The molecule has 0 saturated carbocycles. The minimum atomic E-state index is -0.714. The third-order valence-corrected chi connectivity index (χ3v) is 8.29. The van der Waals surface area contributed by atoms with Gasteiger partial charge >= 0.3 is 0 Å². The Kier molecular flexibility index (Phi) is 5.45. The average Bonchev–Trinajstić information content (AvgIpc) is 3.44. The van der Waals surface area contributed by atoms with Gasteiger partial charge in [0.2, 0.25) is 11.9 Å². The number of halogens is 1. The van der Waals surface area contributed by atoms with Gasteiger partial charge in [0.25, 0.3) is 5.56 Å². The van der Waals surface area contributed by atoms with E-state index in [0.717, 1.165) is 48.4 Å². The monoisotopic (exact) mass is 499 g/mol. The lowest BCUT2D eigenvalue weighted by Gasteiger charge is -2.39. The van der Waals surface area contributed by atoms with Crippen LogP contribution in [-0.4, -0.2) is 68.9 Å². The van der Waals surface area contributed by atoms with Crippen LogP contribution in [0, 0.1) is 0 Å². The van der Waals surface area contributed by atoms with Gasteiger partial charge in [-0.3, -0.25) is 14.6 Å². The minimum absolute atomic E-state index is 0.0211. The highest BCUT2D eigenvalue weighted by molar-refractivity contribution is 6.33. The number of rotatable bonds is 3. The number of fused-ring (bicyclic) bond motifs is 3. The van der Waals surface area contributed by atoms with Crippen molar-refractivity contribution in [1.82, 2.24) is 9.97 Å². The first kappa shape index (κ1) is 22.7. The number of anilines is 3. The van der Waals surface area contributed by atoms with Gasteiger partial charge in [0.1, 0.15) is 17.7 Å². The van der Waals surface area contributed by atoms with E-state index in [-0.39, 0.29) is 17.6 Å². The smallest absolute Gasteiger partial charge is 0.257 e. The molecule has 9 nitrogen and oxygen atoms in total. The summed E-state index contributed by atoms with van der Waals surface area (Å²) in [7, 11) is 3.78. The molecular formula is C25H30ClN5O4. The minimum Gasteiger partial charge on any atom is -0.486 e. The molecule has 0 aliphatic carbocycles. The van der Waals surface area contributed by atoms with Crippen molar-refractivity contribution in [3.8, 4) is 5.75 Å². The number of aromatic nitrogens is 2. The van der Waals surface area contributed by atoms with Crippen molar-refractivity contribution < 1.29 is 14.3 Å². The fourth-order valence-electron chi connectivity index (χ4n) is 6.07. The molecule has 5 heterocycles. The fraction of sp³-hybridized carbons (Fsp3) is 0.560. The first-order chi connectivity index (χ1) is 16.9. The second-order valence-electron chi connectivity index (χ2n) is 10.0. The number of carbonyl (C=O) groups is 1. The predicted octanol–water partition coefficient (Wildman–Crippen LogP) is 2.49. The molecule has 4 aliphatic heterocycles. The molecule has 2 fully saturated rings. The Balaban J connectivity index is 1.31. The second kappa shape index (κ2) is 8.41. The summed E-state index contributed by atoms with van der Waals surface area (Å²) in [6.07, 6.45) is 3.67. The van der Waals surface area contributed by atoms with Crippen LogP contribution in [-0.2, 0) is 21.4 Å². The van der Waals surface area contributed by atoms with E-state index in [1.165, 1.54) is 0 Å². The Labute approximate surface area is 209 Å². The van der Waals surface area contributed by atoms with Gasteiger partial charge in [-0.2, -0.15) is 4.98 Å². The van der Waals surface area contributed by atoms with Crippen LogP contribution in [0.5, 0.6) is 5.75 Å². The molecule has 2 aromatic rings. The quantitative estimate of drug-likeness (QED) is 0.693. The molecule has 1 atom stereocenters. The van der Waals surface area contributed by atoms with Gasteiger partial charge in [0.05, 0.1) is 29.9 Å². The summed E-state index contributed by atoms with van der Waals surface area (Å²) in [5.74, 6) is 2.05. The largest absolute Gasteiger partial charge is 0.486 e. The lowest BCUT2D eigenvalue weighted by atomic mass is 9.73. The summed E-state index contributed by atoms with van der Waals surface area (Å²) >= 11 is 6.74. The molecule has 1 aromatic carbocycles. The highest BCUT2D eigenvalue weighted by atomic mass is 35.5. The van der Waals surface area contributed by atoms with Gasteiger partial charge in [0.15, 0.2) is 0 Å². The molecule has 10 heteroatoms. The third kappa shape index (κ3) is 3.50. The van der Waals surface area contributed by atoms with Crippen molar-refractivity contribution in [3.63, 3.8) is 0 Å². The number of benzene rings is 1. The SMILES string of the molecule is CN1CCCc2c1nc(N1CCC3(CC1)C(=O)N(C)c1c(OC4CCOC4)ccc(Cl)c13)[nH]c2=O. The summed E-state index contributed by atoms with van der Waals surface area (Å²) in [6, 6.07) is 3.69. The molecule has 1 N–H and O–H groups in total. The number of H-pyrrole nitrogens is 1. The van der Waals surface area contributed by atoms with Crippen molar-refractivity contribution in [2.24, 2.45) is 0 Å². The normalized spacial score (nSPS) is 23.1. The van der Waals surface area contributed by atoms with E-state index in [0.29, 0.717) is 55.9 Å². The number of nitrogens with one attached hydrogen (secondary N) is 1. The Morgan fingerprint density at radius 1 is 1.20 bits per heavy atom. The van der Waals surface area contributed by atoms with E-state index >= 15 is 0 Å². The molecule has 186 valence electrons. The second-order valence-corrected chi connectivity index (χ2v) is 10.4. The maximum Gasteiger partial charge on any atom is 0.257 e. The van der Waals surface area contributed by atoms with Crippen LogP contribution < -0.4 is 25.0 Å². The molecular weight excluding hydrogens is 470 g/mol. The van der Waals surface area contributed by atoms with Crippen LogP contribution in [0.3, 0.4) is 0 Å². The highest BCUT2D eigenvalue weighted by Crippen LogP contribution is 2.54. The summed E-state index contributed by atoms with van der Waals surface area (Å²) in [5.41, 5.74) is 1.59. The van der Waals surface area contributed by atoms with Crippen LogP contribution >= 0.6 is 11.6 Å². The van der Waals surface area contributed by atoms with E-state index in [1.807, 2.05) is 24.1 Å². The molecule has 4 aliphatic rings. The molecule has 6 rings (SSSR count). The zero-order chi connectivity index (χ0) is 24.3. The number of ether oxygens (including phenoxy) is 2. The van der Waals surface area contributed by atoms with Gasteiger partial charge in [-0.15, -0.1) is 0 Å². The fourth-order valence-corrected chi connectivity index (χ4v) is 6.41. The van der Waals surface area contributed by atoms with Crippen LogP contribution in [0.1, 0.15) is 36.8 Å². The maximum absolute atomic E-state index is 13.7. The summed E-state index contributed by atoms with van der Waals surface area (Å²) in [4.78, 5) is 40.1. The number of aromatic amines is 1. The number of carbonyl (C=O) groups excluding carboxylic acids is 1. The van der Waals surface area contributed by atoms with Crippen molar-refractivity contribution in [3.05, 3.63) is 38.6 Å². The van der Waals surface area contributed by atoms with Crippen molar-refractivity contribution in [1.29, 1.82) is 0 Å². The zero-order valence-electron chi connectivity index (χ0n) is 20.1. The van der Waals surface area contributed by atoms with Gasteiger partial charge in [-0.25, -0.2) is 0 Å². The third-order valence-electron chi connectivity index (χ3n) is 7.98. The Bertz CT molecular complexity index is 1230. The molecule has 1 aromatic heterocycles. The van der Waals surface area contributed by atoms with E-state index < -0.39 is 5.41 Å². The number of amides is 1. The molecule has 0 radical (unpaired) electrons. The summed E-state index contributed by atoms with van der Waals surface area (Å²) in [5, 5.41) is 0.586. The predicted molar refractivity (Wildman–Crippen MR) is 134 cm³/mol. The lowest BCUT2D eigenvalue weighted by molar-refractivity contribution is -0.123. The van der Waals surface area contributed by atoms with Gasteiger partial charge in [0, 0.05) is 50.7 Å². The average molecular weight is 500 g/mol. The molecule has 2 saturated heterocycles. The van der Waals surface area contributed by atoms with Gasteiger partial charge < -0.3 is 24.2 Å². The van der Waals surface area contributed by atoms with E-state index in [1.54, 1.807) is 11.9 Å². The molecule has 0 bridgehead atoms. The van der Waals surface area contributed by atoms with Crippen molar-refractivity contribution in [2.45, 2.75) is 43.6 Å². The number of likely N-dealkylation sites (N-methyl/N-ethyl adjacent to an activating group) is 1. The first-order valence-corrected chi connectivity index (χ1v) is 12.7. The highest BCUT2D eigenvalue weighted by Gasteiger charge is 2.53. The summed E-state index contributed by atoms with van der Waals surface area (Å²) in [6.45, 7) is 3.30. The van der Waals surface area contributed by atoms with Crippen LogP contribution in [0.4, 0.5) is 17.5 Å². The number of piperidine rings is 1. The van der Waals surface area contributed by atoms with E-state index in [2.05, 4.69) is 9.88 Å². The van der Waals surface area contributed by atoms with Crippen molar-refractivity contribution >= 4 is 35.0 Å². The Hall–Kier alpha value is -2.78. The molecule has 1 spiro atoms. The molecule has 1 amide bonds. The van der Waals surface area contributed by atoms with Gasteiger partial charge in [-0.05, 0) is 37.8 Å². The Morgan fingerprint density at radius 3 is 2.74 bits per heavy atom. The van der Waals surface area contributed by atoms with Crippen LogP contribution in [0.15, 0.2) is 16.9 Å². The summed E-state index contributed by atoms with van der Waals surface area (Å²) < 4.78 is 11.7. The number of hydrogen-bond acceptors (Lipinski definition) is 7. The Morgan fingerprint density at radius 2 is 2.00 bits per heavy atom. The first-order valence-electron chi connectivity index (χ1n) is 12.3. The van der Waals surface area contributed by atoms with E-state index in [9.17, 15) is 9.59 Å². The van der Waals surface area contributed by atoms with Crippen molar-refractivity contribution in [2.75, 3.05) is 61.6 Å². The zero-order valence-corrected chi connectivity index (χ0v) is 20.9. The standard InChI is InChI=1S/C25H30ClN5O4/c1-29-10-3-4-16-21(29)27-24(28-22(16)32)31-11-8-25(9-12-31)19-17(26)5-6-18(20(19)30(2)23(25)33)35-15-7-13-34-14-15/h5-6,15H,3-4,7-14H2,1-2H3,(H,27,28,32). The van der Waals surface area contributed by atoms with Crippen LogP contribution in [0.2, 0.25) is 5.02 Å². The molecule has 35 heavy (non-hydrogen) atoms. The number of nitrogens with zero attached hydrogens (tertiary/aromatic N) is 4. The number of hydrogen-bond donors (Lipinski definition) is 1. The van der Waals surface area contributed by atoms with Gasteiger partial charge in [-0.1, -0.05) is 11.6 Å².